The average molecular weight is 259 g/mol. The van der Waals surface area contributed by atoms with Crippen LogP contribution in [0.3, 0.4) is 0 Å². The number of guanidine groups is 1. The highest BCUT2D eigenvalue weighted by molar-refractivity contribution is 5.80. The zero-order valence-corrected chi connectivity index (χ0v) is 12.5. The average Bonchev–Trinajstić information content (AvgIpc) is 2.28. The molecule has 0 fully saturated rings. The highest BCUT2D eigenvalue weighted by atomic mass is 16.5. The van der Waals surface area contributed by atoms with Crippen LogP contribution in [-0.2, 0) is 9.47 Å². The molecule has 0 saturated carbocycles. The molecule has 0 aliphatic carbocycles. The summed E-state index contributed by atoms with van der Waals surface area (Å²) < 4.78 is 10.6. The fourth-order valence-corrected chi connectivity index (χ4v) is 1.42. The summed E-state index contributed by atoms with van der Waals surface area (Å²) in [6, 6.07) is 0.250. The SMILES string of the molecule is CCNC(=NCCCOC(C)C)NC(C)COC. The number of ether oxygens (including phenoxy) is 2. The summed E-state index contributed by atoms with van der Waals surface area (Å²) >= 11 is 0. The van der Waals surface area contributed by atoms with Crippen LogP contribution in [0, 0.1) is 0 Å². The Balaban J connectivity index is 3.91. The Bertz CT molecular complexity index is 220. The van der Waals surface area contributed by atoms with Gasteiger partial charge >= 0.3 is 0 Å². The Morgan fingerprint density at radius 2 is 2.00 bits per heavy atom. The number of hydrogen-bond donors (Lipinski definition) is 2. The highest BCUT2D eigenvalue weighted by Gasteiger charge is 2.03. The van der Waals surface area contributed by atoms with E-state index in [1.54, 1.807) is 7.11 Å². The third-order valence-corrected chi connectivity index (χ3v) is 2.17. The number of aliphatic imine (C=N–C) groups is 1. The molecule has 5 heteroatoms. The summed E-state index contributed by atoms with van der Waals surface area (Å²) in [5.41, 5.74) is 0. The monoisotopic (exact) mass is 259 g/mol. The summed E-state index contributed by atoms with van der Waals surface area (Å²) in [7, 11) is 1.70. The molecule has 0 rings (SSSR count). The highest BCUT2D eigenvalue weighted by Crippen LogP contribution is 1.91. The van der Waals surface area contributed by atoms with E-state index in [2.05, 4.69) is 29.5 Å². The first-order valence-electron chi connectivity index (χ1n) is 6.75. The Hall–Kier alpha value is -0.810. The van der Waals surface area contributed by atoms with Crippen LogP contribution in [0.4, 0.5) is 0 Å². The van der Waals surface area contributed by atoms with E-state index in [-0.39, 0.29) is 6.04 Å². The maximum atomic E-state index is 5.47. The molecule has 0 spiro atoms. The molecule has 0 radical (unpaired) electrons. The minimum Gasteiger partial charge on any atom is -0.383 e. The summed E-state index contributed by atoms with van der Waals surface area (Å²) in [5, 5.41) is 6.51. The van der Waals surface area contributed by atoms with Gasteiger partial charge in [0.2, 0.25) is 0 Å². The lowest BCUT2D eigenvalue weighted by atomic mass is 10.4. The fraction of sp³-hybridized carbons (Fsp3) is 0.923. The predicted octanol–water partition coefficient (Wildman–Crippen LogP) is 1.39. The first-order valence-corrected chi connectivity index (χ1v) is 6.75. The third-order valence-electron chi connectivity index (χ3n) is 2.17. The third kappa shape index (κ3) is 10.4. The van der Waals surface area contributed by atoms with Gasteiger partial charge in [-0.25, -0.2) is 0 Å². The Morgan fingerprint density at radius 3 is 2.56 bits per heavy atom. The van der Waals surface area contributed by atoms with Gasteiger partial charge < -0.3 is 20.1 Å². The first kappa shape index (κ1) is 17.2. The van der Waals surface area contributed by atoms with Crippen LogP contribution in [0.1, 0.15) is 34.1 Å². The van der Waals surface area contributed by atoms with Gasteiger partial charge in [0.25, 0.3) is 0 Å². The Kier molecular flexibility index (Phi) is 10.8. The van der Waals surface area contributed by atoms with Gasteiger partial charge in [-0.15, -0.1) is 0 Å². The topological polar surface area (TPSA) is 54.9 Å². The van der Waals surface area contributed by atoms with Crippen molar-refractivity contribution in [2.24, 2.45) is 4.99 Å². The predicted molar refractivity (Wildman–Crippen MR) is 76.2 cm³/mol. The van der Waals surface area contributed by atoms with Crippen LogP contribution < -0.4 is 10.6 Å². The van der Waals surface area contributed by atoms with Gasteiger partial charge in [0.05, 0.1) is 12.7 Å². The molecule has 1 unspecified atom stereocenters. The van der Waals surface area contributed by atoms with Crippen molar-refractivity contribution in [2.45, 2.75) is 46.3 Å². The number of methoxy groups -OCH3 is 1. The van der Waals surface area contributed by atoms with Gasteiger partial charge in [0.15, 0.2) is 5.96 Å². The van der Waals surface area contributed by atoms with Crippen molar-refractivity contribution in [1.29, 1.82) is 0 Å². The molecule has 0 aliphatic rings. The normalized spacial score (nSPS) is 13.8. The summed E-state index contributed by atoms with van der Waals surface area (Å²) in [6.45, 7) is 11.3. The molecule has 0 aromatic rings. The largest absolute Gasteiger partial charge is 0.383 e. The van der Waals surface area contributed by atoms with Crippen molar-refractivity contribution in [2.75, 3.05) is 33.4 Å². The summed E-state index contributed by atoms with van der Waals surface area (Å²) in [4.78, 5) is 4.49. The van der Waals surface area contributed by atoms with Gasteiger partial charge in [0.1, 0.15) is 0 Å². The molecule has 0 bridgehead atoms. The van der Waals surface area contributed by atoms with E-state index in [1.807, 2.05) is 13.8 Å². The van der Waals surface area contributed by atoms with Crippen LogP contribution in [-0.4, -0.2) is 51.5 Å². The standard InChI is InChI=1S/C13H29N3O2/c1-6-14-13(16-12(4)10-17-5)15-8-7-9-18-11(2)3/h11-12H,6-10H2,1-5H3,(H2,14,15,16). The molecule has 108 valence electrons. The Labute approximate surface area is 111 Å². The molecular weight excluding hydrogens is 230 g/mol. The fourth-order valence-electron chi connectivity index (χ4n) is 1.42. The molecule has 0 aliphatic heterocycles. The second-order valence-corrected chi connectivity index (χ2v) is 4.53. The van der Waals surface area contributed by atoms with Gasteiger partial charge in [0, 0.05) is 32.8 Å². The van der Waals surface area contributed by atoms with Crippen molar-refractivity contribution >= 4 is 5.96 Å². The Morgan fingerprint density at radius 1 is 1.28 bits per heavy atom. The lowest BCUT2D eigenvalue weighted by Crippen LogP contribution is -2.44. The van der Waals surface area contributed by atoms with E-state index < -0.39 is 0 Å². The van der Waals surface area contributed by atoms with Gasteiger partial charge in [-0.1, -0.05) is 0 Å². The van der Waals surface area contributed by atoms with Crippen molar-refractivity contribution in [3.05, 3.63) is 0 Å². The van der Waals surface area contributed by atoms with Crippen LogP contribution >= 0.6 is 0 Å². The van der Waals surface area contributed by atoms with Crippen LogP contribution in [0.25, 0.3) is 0 Å². The van der Waals surface area contributed by atoms with Gasteiger partial charge in [-0.2, -0.15) is 0 Å². The zero-order valence-electron chi connectivity index (χ0n) is 12.5. The molecule has 2 N–H and O–H groups in total. The second kappa shape index (κ2) is 11.3. The van der Waals surface area contributed by atoms with E-state index in [9.17, 15) is 0 Å². The minimum absolute atomic E-state index is 0.250. The van der Waals surface area contributed by atoms with E-state index in [1.165, 1.54) is 0 Å². The van der Waals surface area contributed by atoms with Crippen LogP contribution in [0.5, 0.6) is 0 Å². The van der Waals surface area contributed by atoms with E-state index >= 15 is 0 Å². The molecule has 5 nitrogen and oxygen atoms in total. The summed E-state index contributed by atoms with van der Waals surface area (Å²) in [5.74, 6) is 0.839. The molecular formula is C13H29N3O2. The molecule has 18 heavy (non-hydrogen) atoms. The molecule has 0 aromatic carbocycles. The zero-order chi connectivity index (χ0) is 13.8. The maximum Gasteiger partial charge on any atom is 0.191 e. The van der Waals surface area contributed by atoms with Crippen molar-refractivity contribution in [3.8, 4) is 0 Å². The van der Waals surface area contributed by atoms with Crippen molar-refractivity contribution < 1.29 is 9.47 Å². The van der Waals surface area contributed by atoms with Crippen LogP contribution in [0.15, 0.2) is 4.99 Å². The first-order chi connectivity index (χ1) is 8.60. The van der Waals surface area contributed by atoms with Gasteiger partial charge in [-0.3, -0.25) is 4.99 Å². The molecule has 0 heterocycles. The number of nitrogens with zero attached hydrogens (tertiary/aromatic N) is 1. The van der Waals surface area contributed by atoms with Crippen molar-refractivity contribution in [3.63, 3.8) is 0 Å². The molecule has 0 aromatic heterocycles. The minimum atomic E-state index is 0.250. The van der Waals surface area contributed by atoms with Crippen LogP contribution in [0.2, 0.25) is 0 Å². The lowest BCUT2D eigenvalue weighted by Gasteiger charge is -2.17. The molecule has 0 amide bonds. The molecule has 0 saturated heterocycles. The maximum absolute atomic E-state index is 5.47. The summed E-state index contributed by atoms with van der Waals surface area (Å²) in [6.07, 6.45) is 1.23. The quantitative estimate of drug-likeness (QED) is 0.373. The van der Waals surface area contributed by atoms with E-state index in [4.69, 9.17) is 9.47 Å². The second-order valence-electron chi connectivity index (χ2n) is 4.53. The smallest absolute Gasteiger partial charge is 0.191 e. The number of rotatable bonds is 9. The van der Waals surface area contributed by atoms with Crippen molar-refractivity contribution in [1.82, 2.24) is 10.6 Å². The van der Waals surface area contributed by atoms with E-state index in [0.717, 1.165) is 32.1 Å². The lowest BCUT2D eigenvalue weighted by molar-refractivity contribution is 0.0782. The van der Waals surface area contributed by atoms with E-state index in [0.29, 0.717) is 12.7 Å². The molecule has 1 atom stereocenters. The number of nitrogens with one attached hydrogen (secondary N) is 2. The number of hydrogen-bond acceptors (Lipinski definition) is 3. The van der Waals surface area contributed by atoms with Gasteiger partial charge in [-0.05, 0) is 34.1 Å².